The Morgan fingerprint density at radius 1 is 1.40 bits per heavy atom. The SMILES string of the molecule is CCCn1ncc(Cl)c1C(=O)CSc1ccccc1C. The predicted octanol–water partition coefficient (Wildman–Crippen LogP) is 4.23. The molecule has 1 heterocycles. The molecule has 2 aromatic rings. The van der Waals surface area contributed by atoms with Crippen molar-refractivity contribution in [1.29, 1.82) is 0 Å². The van der Waals surface area contributed by atoms with Gasteiger partial charge in [0.15, 0.2) is 5.78 Å². The summed E-state index contributed by atoms with van der Waals surface area (Å²) in [5.41, 5.74) is 1.70. The van der Waals surface area contributed by atoms with Gasteiger partial charge in [-0.1, -0.05) is 36.7 Å². The number of benzene rings is 1. The Bertz CT molecular complexity index is 610. The summed E-state index contributed by atoms with van der Waals surface area (Å²) >= 11 is 7.61. The van der Waals surface area contributed by atoms with Gasteiger partial charge in [0.2, 0.25) is 0 Å². The fourth-order valence-corrected chi connectivity index (χ4v) is 3.09. The molecule has 0 N–H and O–H groups in total. The number of Topliss-reactive ketones (excluding diaryl/α,β-unsaturated/α-hetero) is 1. The molecule has 0 aliphatic rings. The summed E-state index contributed by atoms with van der Waals surface area (Å²) in [6.07, 6.45) is 2.46. The van der Waals surface area contributed by atoms with Crippen molar-refractivity contribution in [1.82, 2.24) is 9.78 Å². The second kappa shape index (κ2) is 6.95. The zero-order valence-corrected chi connectivity index (χ0v) is 13.2. The van der Waals surface area contributed by atoms with Crippen LogP contribution in [0.5, 0.6) is 0 Å². The van der Waals surface area contributed by atoms with E-state index in [1.165, 1.54) is 17.3 Å². The second-order valence-corrected chi connectivity index (χ2v) is 5.97. The first kappa shape index (κ1) is 15.1. The van der Waals surface area contributed by atoms with Crippen LogP contribution in [-0.4, -0.2) is 21.3 Å². The summed E-state index contributed by atoms with van der Waals surface area (Å²) in [7, 11) is 0. The maximum absolute atomic E-state index is 12.3. The minimum atomic E-state index is 0.0224. The molecule has 0 bridgehead atoms. The number of hydrogen-bond donors (Lipinski definition) is 0. The average molecular weight is 309 g/mol. The molecule has 0 saturated carbocycles. The highest BCUT2D eigenvalue weighted by molar-refractivity contribution is 8.00. The van der Waals surface area contributed by atoms with Gasteiger partial charge in [0.05, 0.1) is 17.0 Å². The van der Waals surface area contributed by atoms with Crippen LogP contribution in [0.25, 0.3) is 0 Å². The maximum atomic E-state index is 12.3. The van der Waals surface area contributed by atoms with Crippen molar-refractivity contribution >= 4 is 29.1 Å². The number of hydrogen-bond acceptors (Lipinski definition) is 3. The number of ketones is 1. The maximum Gasteiger partial charge on any atom is 0.192 e. The molecule has 106 valence electrons. The first-order chi connectivity index (χ1) is 9.63. The molecule has 0 amide bonds. The van der Waals surface area contributed by atoms with Crippen molar-refractivity contribution in [3.8, 4) is 0 Å². The Labute approximate surface area is 128 Å². The zero-order valence-electron chi connectivity index (χ0n) is 11.6. The van der Waals surface area contributed by atoms with E-state index in [4.69, 9.17) is 11.6 Å². The molecule has 0 saturated heterocycles. The largest absolute Gasteiger partial charge is 0.291 e. The van der Waals surface area contributed by atoms with Crippen LogP contribution in [0.4, 0.5) is 0 Å². The van der Waals surface area contributed by atoms with Crippen molar-refractivity contribution in [3.63, 3.8) is 0 Å². The number of carbonyl (C=O) groups excluding carboxylic acids is 1. The first-order valence-corrected chi connectivity index (χ1v) is 7.92. The molecule has 3 nitrogen and oxygen atoms in total. The van der Waals surface area contributed by atoms with Crippen LogP contribution in [0.3, 0.4) is 0 Å². The second-order valence-electron chi connectivity index (χ2n) is 4.54. The van der Waals surface area contributed by atoms with E-state index in [1.807, 2.05) is 38.1 Å². The van der Waals surface area contributed by atoms with E-state index < -0.39 is 0 Å². The topological polar surface area (TPSA) is 34.9 Å². The molecule has 1 aromatic heterocycles. The van der Waals surface area contributed by atoms with Crippen LogP contribution < -0.4 is 0 Å². The monoisotopic (exact) mass is 308 g/mol. The van der Waals surface area contributed by atoms with Gasteiger partial charge in [-0.25, -0.2) is 0 Å². The fraction of sp³-hybridized carbons (Fsp3) is 0.333. The number of rotatable bonds is 6. The molecule has 0 radical (unpaired) electrons. The fourth-order valence-electron chi connectivity index (χ4n) is 1.95. The van der Waals surface area contributed by atoms with Crippen LogP contribution in [0, 0.1) is 6.92 Å². The lowest BCUT2D eigenvalue weighted by atomic mass is 10.2. The predicted molar refractivity (Wildman–Crippen MR) is 83.8 cm³/mol. The summed E-state index contributed by atoms with van der Waals surface area (Å²) in [5.74, 6) is 0.397. The van der Waals surface area contributed by atoms with E-state index in [0.717, 1.165) is 11.3 Å². The molecular formula is C15H17ClN2OS. The third kappa shape index (κ3) is 3.44. The van der Waals surface area contributed by atoms with Gasteiger partial charge in [0, 0.05) is 11.4 Å². The van der Waals surface area contributed by atoms with Crippen LogP contribution >= 0.6 is 23.4 Å². The van der Waals surface area contributed by atoms with E-state index in [-0.39, 0.29) is 5.78 Å². The summed E-state index contributed by atoms with van der Waals surface area (Å²) in [6.45, 7) is 4.80. The van der Waals surface area contributed by atoms with Crippen molar-refractivity contribution in [2.24, 2.45) is 0 Å². The Morgan fingerprint density at radius 2 is 2.15 bits per heavy atom. The number of halogens is 1. The Hall–Kier alpha value is -1.26. The minimum Gasteiger partial charge on any atom is -0.291 e. The van der Waals surface area contributed by atoms with Crippen LogP contribution in [0.2, 0.25) is 5.02 Å². The Kier molecular flexibility index (Phi) is 5.26. The zero-order chi connectivity index (χ0) is 14.5. The molecule has 2 rings (SSSR count). The summed E-state index contributed by atoms with van der Waals surface area (Å²) in [5, 5.41) is 4.59. The lowest BCUT2D eigenvalue weighted by Gasteiger charge is -2.07. The number of aryl methyl sites for hydroxylation is 2. The first-order valence-electron chi connectivity index (χ1n) is 6.56. The highest BCUT2D eigenvalue weighted by Crippen LogP contribution is 2.24. The van der Waals surface area contributed by atoms with E-state index >= 15 is 0 Å². The van der Waals surface area contributed by atoms with Gasteiger partial charge in [-0.2, -0.15) is 5.10 Å². The quantitative estimate of drug-likeness (QED) is 0.591. The third-order valence-electron chi connectivity index (χ3n) is 2.95. The Balaban J connectivity index is 2.09. The van der Waals surface area contributed by atoms with Gasteiger partial charge < -0.3 is 0 Å². The summed E-state index contributed by atoms with van der Waals surface area (Å²) < 4.78 is 1.70. The molecule has 0 atom stereocenters. The van der Waals surface area contributed by atoms with Crippen molar-refractivity contribution in [2.75, 3.05) is 5.75 Å². The average Bonchev–Trinajstić information content (AvgIpc) is 2.79. The van der Waals surface area contributed by atoms with Crippen molar-refractivity contribution in [2.45, 2.75) is 31.7 Å². The number of thioether (sulfide) groups is 1. The normalized spacial score (nSPS) is 10.8. The van der Waals surface area contributed by atoms with Gasteiger partial charge in [0.25, 0.3) is 0 Å². The van der Waals surface area contributed by atoms with E-state index in [2.05, 4.69) is 5.10 Å². The smallest absolute Gasteiger partial charge is 0.192 e. The van der Waals surface area contributed by atoms with Gasteiger partial charge in [-0.3, -0.25) is 9.48 Å². The molecule has 1 aromatic carbocycles. The highest BCUT2D eigenvalue weighted by atomic mass is 35.5. The highest BCUT2D eigenvalue weighted by Gasteiger charge is 2.17. The minimum absolute atomic E-state index is 0.0224. The number of carbonyl (C=O) groups is 1. The molecule has 0 unspecified atom stereocenters. The molecule has 0 fully saturated rings. The van der Waals surface area contributed by atoms with E-state index in [9.17, 15) is 4.79 Å². The molecule has 0 aliphatic carbocycles. The molecule has 20 heavy (non-hydrogen) atoms. The molecule has 5 heteroatoms. The van der Waals surface area contributed by atoms with Gasteiger partial charge in [0.1, 0.15) is 5.69 Å². The third-order valence-corrected chi connectivity index (χ3v) is 4.40. The molecular weight excluding hydrogens is 292 g/mol. The van der Waals surface area contributed by atoms with Crippen molar-refractivity contribution < 1.29 is 4.79 Å². The van der Waals surface area contributed by atoms with Gasteiger partial charge in [-0.15, -0.1) is 11.8 Å². The molecule has 0 aliphatic heterocycles. The van der Waals surface area contributed by atoms with Crippen LogP contribution in [-0.2, 0) is 6.54 Å². The summed E-state index contributed by atoms with van der Waals surface area (Å²) in [4.78, 5) is 13.5. The van der Waals surface area contributed by atoms with Crippen LogP contribution in [0.15, 0.2) is 35.4 Å². The van der Waals surface area contributed by atoms with E-state index in [1.54, 1.807) is 10.9 Å². The Morgan fingerprint density at radius 3 is 2.85 bits per heavy atom. The number of nitrogens with zero attached hydrogens (tertiary/aromatic N) is 2. The lowest BCUT2D eigenvalue weighted by molar-refractivity contribution is 0.101. The standard InChI is InChI=1S/C15H17ClN2OS/c1-3-8-18-15(12(16)9-17-18)13(19)10-20-14-7-5-4-6-11(14)2/h4-7,9H,3,8,10H2,1-2H3. The van der Waals surface area contributed by atoms with Crippen LogP contribution in [0.1, 0.15) is 29.4 Å². The van der Waals surface area contributed by atoms with E-state index in [0.29, 0.717) is 23.0 Å². The lowest BCUT2D eigenvalue weighted by Crippen LogP contribution is -2.12. The van der Waals surface area contributed by atoms with Crippen molar-refractivity contribution in [3.05, 3.63) is 46.7 Å². The number of aromatic nitrogens is 2. The molecule has 0 spiro atoms. The van der Waals surface area contributed by atoms with Gasteiger partial charge >= 0.3 is 0 Å². The van der Waals surface area contributed by atoms with Gasteiger partial charge in [-0.05, 0) is 25.0 Å². The summed E-state index contributed by atoms with van der Waals surface area (Å²) in [6, 6.07) is 8.04.